The molecule has 0 bridgehead atoms. The van der Waals surface area contributed by atoms with Crippen LogP contribution in [0.25, 0.3) is 11.3 Å². The Balaban J connectivity index is 1.80. The summed E-state index contributed by atoms with van der Waals surface area (Å²) in [5.41, 5.74) is 0.403. The zero-order valence-corrected chi connectivity index (χ0v) is 10.5. The molecule has 94 valence electrons. The minimum absolute atomic E-state index is 0.113. The number of rotatable bonds is 4. The monoisotopic (exact) mass is 265 g/mol. The van der Waals surface area contributed by atoms with Crippen LogP contribution in [0.15, 0.2) is 34.7 Å². The number of benzene rings is 1. The lowest BCUT2D eigenvalue weighted by atomic mass is 10.1. The van der Waals surface area contributed by atoms with Crippen molar-refractivity contribution >= 4 is 11.6 Å². The predicted octanol–water partition coefficient (Wildman–Crippen LogP) is 3.99. The molecule has 1 saturated carbocycles. The van der Waals surface area contributed by atoms with Crippen molar-refractivity contribution in [3.05, 3.63) is 46.9 Å². The van der Waals surface area contributed by atoms with Crippen LogP contribution in [-0.2, 0) is 6.54 Å². The van der Waals surface area contributed by atoms with E-state index in [2.05, 4.69) is 5.32 Å². The molecular weight excluding hydrogens is 253 g/mol. The molecule has 18 heavy (non-hydrogen) atoms. The Morgan fingerprint density at radius 1 is 1.28 bits per heavy atom. The van der Waals surface area contributed by atoms with Gasteiger partial charge in [0.25, 0.3) is 0 Å². The van der Waals surface area contributed by atoms with Crippen LogP contribution in [0, 0.1) is 5.82 Å². The summed E-state index contributed by atoms with van der Waals surface area (Å²) in [6.45, 7) is 0.687. The summed E-state index contributed by atoms with van der Waals surface area (Å²) >= 11 is 5.75. The maximum Gasteiger partial charge on any atom is 0.152 e. The standard InChI is InChI=1S/C14H13ClFNO/c15-12-3-1-2-11(14(12)16)13-7-6-10(18-13)8-17-9-4-5-9/h1-3,6-7,9,17H,4-5,8H2. The normalized spacial score (nSPS) is 15.0. The molecule has 2 aromatic rings. The number of nitrogens with one attached hydrogen (secondary N) is 1. The van der Waals surface area contributed by atoms with Crippen molar-refractivity contribution in [2.45, 2.75) is 25.4 Å². The highest BCUT2D eigenvalue weighted by Gasteiger charge is 2.20. The van der Waals surface area contributed by atoms with E-state index < -0.39 is 5.82 Å². The van der Waals surface area contributed by atoms with Gasteiger partial charge in [0.2, 0.25) is 0 Å². The first-order chi connectivity index (χ1) is 8.74. The topological polar surface area (TPSA) is 25.2 Å². The highest BCUT2D eigenvalue weighted by Crippen LogP contribution is 2.29. The van der Waals surface area contributed by atoms with Crippen molar-refractivity contribution in [2.75, 3.05) is 0 Å². The van der Waals surface area contributed by atoms with E-state index >= 15 is 0 Å². The largest absolute Gasteiger partial charge is 0.460 e. The Morgan fingerprint density at radius 3 is 2.89 bits per heavy atom. The molecule has 4 heteroatoms. The number of halogens is 2. The number of hydrogen-bond donors (Lipinski definition) is 1. The maximum atomic E-state index is 13.8. The second-order valence-corrected chi connectivity index (χ2v) is 4.93. The molecule has 0 aliphatic heterocycles. The molecule has 1 aliphatic carbocycles. The first kappa shape index (κ1) is 11.8. The Kier molecular flexibility index (Phi) is 3.10. The van der Waals surface area contributed by atoms with Gasteiger partial charge in [-0.2, -0.15) is 0 Å². The molecule has 0 saturated heterocycles. The zero-order chi connectivity index (χ0) is 12.5. The van der Waals surface area contributed by atoms with Gasteiger partial charge in [0.15, 0.2) is 5.82 Å². The summed E-state index contributed by atoms with van der Waals surface area (Å²) < 4.78 is 19.4. The SMILES string of the molecule is Fc1c(Cl)cccc1-c1ccc(CNC2CC2)o1. The van der Waals surface area contributed by atoms with E-state index in [0.29, 0.717) is 23.9 Å². The van der Waals surface area contributed by atoms with Gasteiger partial charge in [0, 0.05) is 6.04 Å². The molecule has 1 aromatic carbocycles. The Bertz CT molecular complexity index is 563. The third-order valence-corrected chi connectivity index (χ3v) is 3.31. The lowest BCUT2D eigenvalue weighted by Gasteiger charge is -2.02. The summed E-state index contributed by atoms with van der Waals surface area (Å²) in [5, 5.41) is 3.46. The highest BCUT2D eigenvalue weighted by molar-refractivity contribution is 6.31. The highest BCUT2D eigenvalue weighted by atomic mass is 35.5. The molecule has 0 radical (unpaired) electrons. The molecule has 0 unspecified atom stereocenters. The molecule has 2 nitrogen and oxygen atoms in total. The van der Waals surface area contributed by atoms with Crippen LogP contribution >= 0.6 is 11.6 Å². The Hall–Kier alpha value is -1.32. The van der Waals surface area contributed by atoms with Gasteiger partial charge in [-0.05, 0) is 37.1 Å². The molecular formula is C14H13ClFNO. The van der Waals surface area contributed by atoms with Crippen LogP contribution in [0.4, 0.5) is 4.39 Å². The van der Waals surface area contributed by atoms with E-state index in [1.807, 2.05) is 6.07 Å². The van der Waals surface area contributed by atoms with Crippen LogP contribution in [0.5, 0.6) is 0 Å². The van der Waals surface area contributed by atoms with Gasteiger partial charge in [-0.15, -0.1) is 0 Å². The molecule has 1 aliphatic rings. The fourth-order valence-electron chi connectivity index (χ4n) is 1.84. The second-order valence-electron chi connectivity index (χ2n) is 4.52. The third kappa shape index (κ3) is 2.42. The minimum atomic E-state index is -0.435. The molecule has 0 spiro atoms. The van der Waals surface area contributed by atoms with E-state index in [4.69, 9.17) is 16.0 Å². The molecule has 1 N–H and O–H groups in total. The van der Waals surface area contributed by atoms with Crippen LogP contribution in [-0.4, -0.2) is 6.04 Å². The lowest BCUT2D eigenvalue weighted by Crippen LogP contribution is -2.14. The van der Waals surface area contributed by atoms with Crippen molar-refractivity contribution in [1.82, 2.24) is 5.32 Å². The van der Waals surface area contributed by atoms with E-state index in [1.54, 1.807) is 18.2 Å². The fraction of sp³-hybridized carbons (Fsp3) is 0.286. The Morgan fingerprint density at radius 2 is 2.11 bits per heavy atom. The average Bonchev–Trinajstić information content (AvgIpc) is 3.08. The van der Waals surface area contributed by atoms with Gasteiger partial charge in [0.1, 0.15) is 11.5 Å². The quantitative estimate of drug-likeness (QED) is 0.904. The fourth-order valence-corrected chi connectivity index (χ4v) is 2.02. The zero-order valence-electron chi connectivity index (χ0n) is 9.75. The van der Waals surface area contributed by atoms with Crippen molar-refractivity contribution < 1.29 is 8.81 Å². The van der Waals surface area contributed by atoms with Gasteiger partial charge in [0.05, 0.1) is 17.1 Å². The number of furan rings is 1. The molecule has 0 atom stereocenters. The average molecular weight is 266 g/mol. The van der Waals surface area contributed by atoms with Gasteiger partial charge in [-0.25, -0.2) is 4.39 Å². The minimum Gasteiger partial charge on any atom is -0.460 e. The smallest absolute Gasteiger partial charge is 0.152 e. The summed E-state index contributed by atoms with van der Waals surface area (Å²) in [6, 6.07) is 9.17. The van der Waals surface area contributed by atoms with Crippen LogP contribution in [0.2, 0.25) is 5.02 Å². The summed E-state index contributed by atoms with van der Waals surface area (Å²) in [6.07, 6.45) is 2.47. The van der Waals surface area contributed by atoms with Crippen LogP contribution in [0.3, 0.4) is 0 Å². The van der Waals surface area contributed by atoms with Crippen molar-refractivity contribution in [1.29, 1.82) is 0 Å². The molecule has 1 aromatic heterocycles. The predicted molar refractivity (Wildman–Crippen MR) is 69.0 cm³/mol. The Labute approximate surface area is 110 Å². The van der Waals surface area contributed by atoms with Crippen LogP contribution in [0.1, 0.15) is 18.6 Å². The second kappa shape index (κ2) is 4.75. The van der Waals surface area contributed by atoms with Crippen LogP contribution < -0.4 is 5.32 Å². The molecule has 0 amide bonds. The van der Waals surface area contributed by atoms with Crippen molar-refractivity contribution in [3.8, 4) is 11.3 Å². The summed E-state index contributed by atoms with van der Waals surface area (Å²) in [7, 11) is 0. The first-order valence-corrected chi connectivity index (χ1v) is 6.38. The molecule has 1 heterocycles. The summed E-state index contributed by atoms with van der Waals surface area (Å²) in [4.78, 5) is 0. The van der Waals surface area contributed by atoms with Gasteiger partial charge in [-0.1, -0.05) is 17.7 Å². The van der Waals surface area contributed by atoms with Crippen molar-refractivity contribution in [3.63, 3.8) is 0 Å². The van der Waals surface area contributed by atoms with E-state index in [0.717, 1.165) is 5.76 Å². The third-order valence-electron chi connectivity index (χ3n) is 3.02. The van der Waals surface area contributed by atoms with E-state index in [-0.39, 0.29) is 5.02 Å². The number of hydrogen-bond acceptors (Lipinski definition) is 2. The summed E-state index contributed by atoms with van der Waals surface area (Å²) in [5.74, 6) is 0.897. The maximum absolute atomic E-state index is 13.8. The van der Waals surface area contributed by atoms with Crippen molar-refractivity contribution in [2.24, 2.45) is 0 Å². The lowest BCUT2D eigenvalue weighted by molar-refractivity contribution is 0.489. The van der Waals surface area contributed by atoms with Gasteiger partial charge in [-0.3, -0.25) is 0 Å². The van der Waals surface area contributed by atoms with E-state index in [1.165, 1.54) is 18.9 Å². The molecule has 3 rings (SSSR count). The molecule has 1 fully saturated rings. The van der Waals surface area contributed by atoms with Gasteiger partial charge < -0.3 is 9.73 Å². The van der Waals surface area contributed by atoms with Gasteiger partial charge >= 0.3 is 0 Å². The van der Waals surface area contributed by atoms with E-state index in [9.17, 15) is 4.39 Å². The first-order valence-electron chi connectivity index (χ1n) is 6.00.